The molecule has 3 heterocycles. The summed E-state index contributed by atoms with van der Waals surface area (Å²) in [6, 6.07) is 9.52. The number of halogens is 4. The van der Waals surface area contributed by atoms with Gasteiger partial charge in [0.2, 0.25) is 0 Å². The molecule has 1 saturated heterocycles. The summed E-state index contributed by atoms with van der Waals surface area (Å²) in [6.07, 6.45) is -6.05. The molecule has 170 valence electrons. The third-order valence-corrected chi connectivity index (χ3v) is 5.34. The first-order valence-electron chi connectivity index (χ1n) is 9.97. The van der Waals surface area contributed by atoms with Gasteiger partial charge in [0.1, 0.15) is 17.1 Å². The van der Waals surface area contributed by atoms with Gasteiger partial charge in [-0.2, -0.15) is 5.10 Å². The predicted molar refractivity (Wildman–Crippen MR) is 107 cm³/mol. The van der Waals surface area contributed by atoms with Gasteiger partial charge in [-0.15, -0.1) is 0 Å². The Morgan fingerprint density at radius 1 is 1.06 bits per heavy atom. The molecule has 0 unspecified atom stereocenters. The van der Waals surface area contributed by atoms with Crippen LogP contribution in [0.15, 0.2) is 36.4 Å². The van der Waals surface area contributed by atoms with Crippen molar-refractivity contribution in [2.45, 2.75) is 19.4 Å². The van der Waals surface area contributed by atoms with E-state index in [0.29, 0.717) is 38.8 Å². The molecule has 1 aliphatic heterocycles. The summed E-state index contributed by atoms with van der Waals surface area (Å²) in [5.74, 6) is 0.324. The van der Waals surface area contributed by atoms with Crippen LogP contribution in [0.3, 0.4) is 0 Å². The molecule has 3 aromatic rings. The molecule has 7 nitrogen and oxygen atoms in total. The van der Waals surface area contributed by atoms with Crippen molar-refractivity contribution in [1.29, 1.82) is 0 Å². The van der Waals surface area contributed by atoms with Crippen LogP contribution in [0, 0.1) is 0 Å². The number of amides is 1. The minimum absolute atomic E-state index is 0.105. The third kappa shape index (κ3) is 4.52. The number of carbonyl (C=O) groups is 1. The first kappa shape index (κ1) is 22.0. The van der Waals surface area contributed by atoms with E-state index in [9.17, 15) is 22.4 Å². The van der Waals surface area contributed by atoms with E-state index in [4.69, 9.17) is 4.74 Å². The Morgan fingerprint density at radius 2 is 1.81 bits per heavy atom. The van der Waals surface area contributed by atoms with Gasteiger partial charge in [0.05, 0.1) is 7.11 Å². The quantitative estimate of drug-likeness (QED) is 0.537. The summed E-state index contributed by atoms with van der Waals surface area (Å²) in [6.45, 7) is 2.78. The number of methoxy groups -OCH3 is 1. The SMILES string of the molecule is COc1cccc(CN2CCN(C(=O)c3cc4nc(C(F)F)cc(C(F)F)n4n3)CC2)c1. The Kier molecular flexibility index (Phi) is 6.26. The molecule has 0 atom stereocenters. The highest BCUT2D eigenvalue weighted by Crippen LogP contribution is 2.26. The highest BCUT2D eigenvalue weighted by atomic mass is 19.3. The summed E-state index contributed by atoms with van der Waals surface area (Å²) in [4.78, 5) is 20.3. The van der Waals surface area contributed by atoms with Gasteiger partial charge < -0.3 is 9.64 Å². The number of benzene rings is 1. The zero-order valence-corrected chi connectivity index (χ0v) is 17.2. The second kappa shape index (κ2) is 9.11. The number of nitrogens with zero attached hydrogens (tertiary/aromatic N) is 5. The molecule has 1 amide bonds. The number of ether oxygens (including phenoxy) is 1. The third-order valence-electron chi connectivity index (χ3n) is 5.34. The van der Waals surface area contributed by atoms with Crippen molar-refractivity contribution in [2.75, 3.05) is 33.3 Å². The fraction of sp³-hybridized carbons (Fsp3) is 0.381. The Hall–Kier alpha value is -3.21. The van der Waals surface area contributed by atoms with Crippen molar-refractivity contribution in [1.82, 2.24) is 24.4 Å². The topological polar surface area (TPSA) is 63.0 Å². The van der Waals surface area contributed by atoms with Crippen LogP contribution in [0.2, 0.25) is 0 Å². The van der Waals surface area contributed by atoms with E-state index in [-0.39, 0.29) is 11.3 Å². The van der Waals surface area contributed by atoms with Crippen molar-refractivity contribution in [2.24, 2.45) is 0 Å². The maximum atomic E-state index is 13.3. The number of alkyl halides is 4. The number of rotatable bonds is 6. The smallest absolute Gasteiger partial charge is 0.280 e. The van der Waals surface area contributed by atoms with E-state index < -0.39 is 30.1 Å². The second-order valence-electron chi connectivity index (χ2n) is 7.43. The number of hydrogen-bond acceptors (Lipinski definition) is 5. The van der Waals surface area contributed by atoms with Gasteiger partial charge in [-0.1, -0.05) is 12.1 Å². The van der Waals surface area contributed by atoms with Crippen molar-refractivity contribution >= 4 is 11.6 Å². The lowest BCUT2D eigenvalue weighted by Crippen LogP contribution is -2.48. The molecule has 1 aromatic carbocycles. The lowest BCUT2D eigenvalue weighted by Gasteiger charge is -2.34. The largest absolute Gasteiger partial charge is 0.497 e. The van der Waals surface area contributed by atoms with Crippen LogP contribution < -0.4 is 4.74 Å². The Morgan fingerprint density at radius 3 is 2.47 bits per heavy atom. The van der Waals surface area contributed by atoms with Gasteiger partial charge in [0.15, 0.2) is 11.3 Å². The van der Waals surface area contributed by atoms with E-state index in [1.54, 1.807) is 12.0 Å². The summed E-state index contributed by atoms with van der Waals surface area (Å²) in [7, 11) is 1.61. The summed E-state index contributed by atoms with van der Waals surface area (Å²) < 4.78 is 58.7. The van der Waals surface area contributed by atoms with Crippen LogP contribution in [0.5, 0.6) is 5.75 Å². The van der Waals surface area contributed by atoms with Crippen LogP contribution >= 0.6 is 0 Å². The highest BCUT2D eigenvalue weighted by molar-refractivity contribution is 5.93. The number of piperazine rings is 1. The number of aromatic nitrogens is 3. The maximum absolute atomic E-state index is 13.3. The maximum Gasteiger partial charge on any atom is 0.280 e. The highest BCUT2D eigenvalue weighted by Gasteiger charge is 2.26. The molecule has 32 heavy (non-hydrogen) atoms. The molecule has 11 heteroatoms. The van der Waals surface area contributed by atoms with Crippen LogP contribution in [-0.4, -0.2) is 63.6 Å². The van der Waals surface area contributed by atoms with Crippen LogP contribution in [0.4, 0.5) is 17.6 Å². The van der Waals surface area contributed by atoms with Gasteiger partial charge >= 0.3 is 0 Å². The molecule has 0 spiro atoms. The average molecular weight is 451 g/mol. The van der Waals surface area contributed by atoms with Crippen LogP contribution in [-0.2, 0) is 6.54 Å². The van der Waals surface area contributed by atoms with E-state index in [1.165, 1.54) is 6.07 Å². The molecule has 0 N–H and O–H groups in total. The molecule has 0 aliphatic carbocycles. The van der Waals surface area contributed by atoms with E-state index in [1.807, 2.05) is 24.3 Å². The first-order valence-corrected chi connectivity index (χ1v) is 9.97. The number of carbonyl (C=O) groups excluding carboxylic acids is 1. The fourth-order valence-electron chi connectivity index (χ4n) is 3.69. The molecule has 0 bridgehead atoms. The summed E-state index contributed by atoms with van der Waals surface area (Å²) >= 11 is 0. The lowest BCUT2D eigenvalue weighted by atomic mass is 10.2. The van der Waals surface area contributed by atoms with Gasteiger partial charge in [0, 0.05) is 38.8 Å². The fourth-order valence-corrected chi connectivity index (χ4v) is 3.69. The molecule has 0 saturated carbocycles. The summed E-state index contributed by atoms with van der Waals surface area (Å²) in [5.41, 5.74) is -0.736. The van der Waals surface area contributed by atoms with Gasteiger partial charge in [-0.25, -0.2) is 27.1 Å². The Labute approximate surface area is 181 Å². The minimum Gasteiger partial charge on any atom is -0.497 e. The molecular weight excluding hydrogens is 430 g/mol. The Bertz CT molecular complexity index is 1110. The normalized spacial score (nSPS) is 15.2. The van der Waals surface area contributed by atoms with Crippen molar-refractivity contribution in [3.63, 3.8) is 0 Å². The van der Waals surface area contributed by atoms with E-state index in [2.05, 4.69) is 15.0 Å². The average Bonchev–Trinajstić information content (AvgIpc) is 3.22. The van der Waals surface area contributed by atoms with Gasteiger partial charge in [-0.3, -0.25) is 9.69 Å². The minimum atomic E-state index is -3.04. The number of hydrogen-bond donors (Lipinski definition) is 0. The summed E-state index contributed by atoms with van der Waals surface area (Å²) in [5, 5.41) is 3.93. The van der Waals surface area contributed by atoms with Gasteiger partial charge in [0.25, 0.3) is 18.8 Å². The zero-order valence-electron chi connectivity index (χ0n) is 17.2. The van der Waals surface area contributed by atoms with Crippen LogP contribution in [0.1, 0.15) is 40.3 Å². The van der Waals surface area contributed by atoms with E-state index in [0.717, 1.165) is 15.8 Å². The molecule has 1 aliphatic rings. The molecule has 4 rings (SSSR count). The van der Waals surface area contributed by atoms with Crippen molar-refractivity contribution < 1.29 is 27.1 Å². The van der Waals surface area contributed by atoms with Crippen molar-refractivity contribution in [3.05, 3.63) is 59.0 Å². The molecule has 1 fully saturated rings. The van der Waals surface area contributed by atoms with Crippen LogP contribution in [0.25, 0.3) is 5.65 Å². The molecule has 0 radical (unpaired) electrons. The first-order chi connectivity index (χ1) is 15.4. The number of fused-ring (bicyclic) bond motifs is 1. The van der Waals surface area contributed by atoms with Crippen molar-refractivity contribution in [3.8, 4) is 5.75 Å². The predicted octanol–water partition coefficient (Wildman–Crippen LogP) is 3.57. The van der Waals surface area contributed by atoms with E-state index >= 15 is 0 Å². The lowest BCUT2D eigenvalue weighted by molar-refractivity contribution is 0.0621. The monoisotopic (exact) mass is 451 g/mol. The molecular formula is C21H21F4N5O2. The standard InChI is InChI=1S/C21H21F4N5O2/c1-32-14-4-2-3-13(9-14)12-28-5-7-29(8-6-28)21(31)16-11-18-26-15(19(22)23)10-17(20(24)25)30(18)27-16/h2-4,9-11,19-20H,5-8,12H2,1H3. The second-order valence-corrected chi connectivity index (χ2v) is 7.43. The Balaban J connectivity index is 1.46. The van der Waals surface area contributed by atoms with Gasteiger partial charge in [-0.05, 0) is 23.8 Å². The molecule has 2 aromatic heterocycles. The zero-order chi connectivity index (χ0) is 22.8.